The van der Waals surface area contributed by atoms with Gasteiger partial charge in [-0.15, -0.1) is 0 Å². The first-order valence-corrected chi connectivity index (χ1v) is 6.40. The Labute approximate surface area is 107 Å². The van der Waals surface area contributed by atoms with Crippen LogP contribution in [0.4, 0.5) is 0 Å². The Hall–Kier alpha value is -1.40. The number of nitrogens with one attached hydrogen (secondary N) is 1. The third-order valence-electron chi connectivity index (χ3n) is 3.04. The van der Waals surface area contributed by atoms with Crippen molar-refractivity contribution < 1.29 is 9.53 Å². The van der Waals surface area contributed by atoms with Gasteiger partial charge in [-0.05, 0) is 6.92 Å². The van der Waals surface area contributed by atoms with E-state index < -0.39 is 0 Å². The first-order chi connectivity index (χ1) is 8.79. The van der Waals surface area contributed by atoms with Crippen molar-refractivity contribution in [3.8, 4) is 0 Å². The minimum Gasteiger partial charge on any atom is -0.379 e. The number of carbonyl (C=O) groups excluding carboxylic acids is 1. The summed E-state index contributed by atoms with van der Waals surface area (Å²) in [7, 11) is 0. The van der Waals surface area contributed by atoms with Crippen molar-refractivity contribution in [1.29, 1.82) is 0 Å². The van der Waals surface area contributed by atoms with Gasteiger partial charge in [0, 0.05) is 38.9 Å². The highest BCUT2D eigenvalue weighted by Gasteiger charge is 2.11. The highest BCUT2D eigenvalue weighted by molar-refractivity contribution is 5.93. The molecule has 0 spiro atoms. The molecular formula is C12H20N4O2. The maximum absolute atomic E-state index is 11.8. The van der Waals surface area contributed by atoms with Gasteiger partial charge in [0.15, 0.2) is 0 Å². The number of ether oxygens (including phenoxy) is 1. The minimum atomic E-state index is -0.0528. The average Bonchev–Trinajstić information content (AvgIpc) is 2.89. The molecule has 0 atom stereocenters. The van der Waals surface area contributed by atoms with Gasteiger partial charge >= 0.3 is 0 Å². The van der Waals surface area contributed by atoms with Crippen molar-refractivity contribution in [2.75, 3.05) is 39.4 Å². The smallest absolute Gasteiger partial charge is 0.254 e. The summed E-state index contributed by atoms with van der Waals surface area (Å²) in [4.78, 5) is 14.1. The monoisotopic (exact) mass is 252 g/mol. The summed E-state index contributed by atoms with van der Waals surface area (Å²) in [6, 6.07) is 0. The lowest BCUT2D eigenvalue weighted by molar-refractivity contribution is 0.0383. The predicted octanol–water partition coefficient (Wildman–Crippen LogP) is -0.0350. The van der Waals surface area contributed by atoms with Gasteiger partial charge in [0.05, 0.1) is 25.0 Å². The highest BCUT2D eigenvalue weighted by Crippen LogP contribution is 1.98. The Balaban J connectivity index is 1.70. The lowest BCUT2D eigenvalue weighted by atomic mass is 10.3. The van der Waals surface area contributed by atoms with Crippen molar-refractivity contribution in [3.05, 3.63) is 18.0 Å². The van der Waals surface area contributed by atoms with Gasteiger partial charge in [-0.3, -0.25) is 14.4 Å². The molecule has 1 amide bonds. The lowest BCUT2D eigenvalue weighted by Crippen LogP contribution is -2.41. The number of amides is 1. The lowest BCUT2D eigenvalue weighted by Gasteiger charge is -2.26. The molecular weight excluding hydrogens is 232 g/mol. The molecule has 18 heavy (non-hydrogen) atoms. The molecule has 1 aliphatic heterocycles. The number of aromatic nitrogens is 2. The van der Waals surface area contributed by atoms with Crippen LogP contribution in [-0.4, -0.2) is 60.0 Å². The van der Waals surface area contributed by atoms with Crippen LogP contribution >= 0.6 is 0 Å². The highest BCUT2D eigenvalue weighted by atomic mass is 16.5. The number of rotatable bonds is 5. The summed E-state index contributed by atoms with van der Waals surface area (Å²) in [5.74, 6) is -0.0528. The standard InChI is InChI=1S/C12H20N4O2/c1-2-16-10-11(9-14-16)12(17)13-3-4-15-5-7-18-8-6-15/h9-10H,2-8H2,1H3,(H,13,17). The summed E-state index contributed by atoms with van der Waals surface area (Å²) in [5.41, 5.74) is 0.624. The fourth-order valence-electron chi connectivity index (χ4n) is 1.91. The third kappa shape index (κ3) is 3.54. The number of hydrogen-bond acceptors (Lipinski definition) is 4. The molecule has 0 saturated carbocycles. The summed E-state index contributed by atoms with van der Waals surface area (Å²) in [5, 5.41) is 6.99. The van der Waals surface area contributed by atoms with Crippen LogP contribution in [-0.2, 0) is 11.3 Å². The van der Waals surface area contributed by atoms with E-state index in [-0.39, 0.29) is 5.91 Å². The fourth-order valence-corrected chi connectivity index (χ4v) is 1.91. The van der Waals surface area contributed by atoms with E-state index in [0.717, 1.165) is 39.4 Å². The Morgan fingerprint density at radius 2 is 2.28 bits per heavy atom. The molecule has 1 fully saturated rings. The van der Waals surface area contributed by atoms with Gasteiger partial charge in [-0.25, -0.2) is 0 Å². The molecule has 6 nitrogen and oxygen atoms in total. The van der Waals surface area contributed by atoms with Crippen LogP contribution in [0.25, 0.3) is 0 Å². The average molecular weight is 252 g/mol. The van der Waals surface area contributed by atoms with Gasteiger partial charge in [0.1, 0.15) is 0 Å². The first-order valence-electron chi connectivity index (χ1n) is 6.40. The predicted molar refractivity (Wildman–Crippen MR) is 67.5 cm³/mol. The molecule has 1 aromatic rings. The van der Waals surface area contributed by atoms with Crippen LogP contribution < -0.4 is 5.32 Å². The molecule has 0 radical (unpaired) electrons. The molecule has 0 unspecified atom stereocenters. The van der Waals surface area contributed by atoms with E-state index in [2.05, 4.69) is 15.3 Å². The SMILES string of the molecule is CCn1cc(C(=O)NCCN2CCOCC2)cn1. The van der Waals surface area contributed by atoms with Crippen LogP contribution in [0.1, 0.15) is 17.3 Å². The van der Waals surface area contributed by atoms with Gasteiger partial charge < -0.3 is 10.1 Å². The number of nitrogens with zero attached hydrogens (tertiary/aromatic N) is 3. The molecule has 0 aliphatic carbocycles. The Kier molecular flexibility index (Phi) is 4.72. The quantitative estimate of drug-likeness (QED) is 0.799. The summed E-state index contributed by atoms with van der Waals surface area (Å²) in [6.07, 6.45) is 3.37. The van der Waals surface area contributed by atoms with Crippen molar-refractivity contribution in [2.24, 2.45) is 0 Å². The molecule has 0 aromatic carbocycles. The van der Waals surface area contributed by atoms with E-state index >= 15 is 0 Å². The van der Waals surface area contributed by atoms with Gasteiger partial charge in [-0.2, -0.15) is 5.10 Å². The topological polar surface area (TPSA) is 59.4 Å². The minimum absolute atomic E-state index is 0.0528. The van der Waals surface area contributed by atoms with E-state index in [0.29, 0.717) is 12.1 Å². The van der Waals surface area contributed by atoms with Crippen LogP contribution in [0.2, 0.25) is 0 Å². The van der Waals surface area contributed by atoms with E-state index in [1.54, 1.807) is 17.1 Å². The van der Waals surface area contributed by atoms with E-state index in [4.69, 9.17) is 4.74 Å². The van der Waals surface area contributed by atoms with Crippen LogP contribution in [0.15, 0.2) is 12.4 Å². The number of hydrogen-bond donors (Lipinski definition) is 1. The molecule has 1 aromatic heterocycles. The maximum atomic E-state index is 11.8. The molecule has 1 saturated heterocycles. The van der Waals surface area contributed by atoms with Crippen molar-refractivity contribution >= 4 is 5.91 Å². The van der Waals surface area contributed by atoms with Gasteiger partial charge in [-0.1, -0.05) is 0 Å². The zero-order valence-electron chi connectivity index (χ0n) is 10.8. The van der Waals surface area contributed by atoms with Crippen molar-refractivity contribution in [1.82, 2.24) is 20.0 Å². The molecule has 100 valence electrons. The Morgan fingerprint density at radius 1 is 1.50 bits per heavy atom. The zero-order chi connectivity index (χ0) is 12.8. The molecule has 2 rings (SSSR count). The summed E-state index contributed by atoms with van der Waals surface area (Å²) < 4.78 is 7.02. The zero-order valence-corrected chi connectivity index (χ0v) is 10.8. The van der Waals surface area contributed by atoms with Crippen LogP contribution in [0.3, 0.4) is 0 Å². The first kappa shape index (κ1) is 13.0. The van der Waals surface area contributed by atoms with Crippen LogP contribution in [0.5, 0.6) is 0 Å². The fraction of sp³-hybridized carbons (Fsp3) is 0.667. The molecule has 0 bridgehead atoms. The maximum Gasteiger partial charge on any atom is 0.254 e. The third-order valence-corrected chi connectivity index (χ3v) is 3.04. The van der Waals surface area contributed by atoms with Crippen LogP contribution in [0, 0.1) is 0 Å². The number of aryl methyl sites for hydroxylation is 1. The molecule has 6 heteroatoms. The second-order valence-corrected chi connectivity index (χ2v) is 4.29. The second kappa shape index (κ2) is 6.51. The van der Waals surface area contributed by atoms with Gasteiger partial charge in [0.2, 0.25) is 0 Å². The Bertz CT molecular complexity index is 385. The van der Waals surface area contributed by atoms with Crippen molar-refractivity contribution in [2.45, 2.75) is 13.5 Å². The summed E-state index contributed by atoms with van der Waals surface area (Å²) >= 11 is 0. The number of carbonyl (C=O) groups is 1. The normalized spacial score (nSPS) is 16.7. The van der Waals surface area contributed by atoms with Gasteiger partial charge in [0.25, 0.3) is 5.91 Å². The molecule has 1 N–H and O–H groups in total. The Morgan fingerprint density at radius 3 is 2.94 bits per heavy atom. The number of morpholine rings is 1. The van der Waals surface area contributed by atoms with E-state index in [1.807, 2.05) is 6.92 Å². The van der Waals surface area contributed by atoms with Crippen molar-refractivity contribution in [3.63, 3.8) is 0 Å². The molecule has 1 aliphatic rings. The molecule has 2 heterocycles. The summed E-state index contributed by atoms with van der Waals surface area (Å²) in [6.45, 7) is 7.78. The largest absolute Gasteiger partial charge is 0.379 e. The van der Waals surface area contributed by atoms with E-state index in [1.165, 1.54) is 0 Å². The van der Waals surface area contributed by atoms with E-state index in [9.17, 15) is 4.79 Å². The second-order valence-electron chi connectivity index (χ2n) is 4.29.